The van der Waals surface area contributed by atoms with E-state index in [4.69, 9.17) is 5.26 Å². The third-order valence-electron chi connectivity index (χ3n) is 1.75. The van der Waals surface area contributed by atoms with Crippen LogP contribution < -0.4 is 0 Å². The predicted octanol–water partition coefficient (Wildman–Crippen LogP) is -0.673. The zero-order valence-electron chi connectivity index (χ0n) is 7.49. The molecular formula is C7H7N7. The highest BCUT2D eigenvalue weighted by atomic mass is 15.4. The van der Waals surface area contributed by atoms with E-state index in [1.165, 1.54) is 6.33 Å². The largest absolute Gasteiger partial charge is 0.319 e. The smallest absolute Gasteiger partial charge is 0.252 e. The van der Waals surface area contributed by atoms with Crippen molar-refractivity contribution in [2.75, 3.05) is 0 Å². The van der Waals surface area contributed by atoms with Gasteiger partial charge < -0.3 is 4.57 Å². The minimum atomic E-state index is 0.159. The van der Waals surface area contributed by atoms with Crippen LogP contribution >= 0.6 is 0 Å². The molecule has 0 aliphatic rings. The molecule has 0 spiro atoms. The summed E-state index contributed by atoms with van der Waals surface area (Å²) in [4.78, 5) is 3.78. The summed E-state index contributed by atoms with van der Waals surface area (Å²) >= 11 is 0. The summed E-state index contributed by atoms with van der Waals surface area (Å²) < 4.78 is 3.33. The molecule has 0 unspecified atom stereocenters. The van der Waals surface area contributed by atoms with Gasteiger partial charge in [0.2, 0.25) is 0 Å². The average molecular weight is 189 g/mol. The minimum Gasteiger partial charge on any atom is -0.319 e. The molecule has 0 bridgehead atoms. The topological polar surface area (TPSA) is 85.2 Å². The molecule has 0 amide bonds. The second kappa shape index (κ2) is 3.26. The van der Waals surface area contributed by atoms with Crippen LogP contribution in [0.4, 0.5) is 0 Å². The van der Waals surface area contributed by atoms with E-state index in [1.807, 2.05) is 13.1 Å². The first-order valence-electron chi connectivity index (χ1n) is 3.92. The van der Waals surface area contributed by atoms with Crippen LogP contribution in [0, 0.1) is 11.3 Å². The van der Waals surface area contributed by atoms with Crippen LogP contribution in [0.5, 0.6) is 0 Å². The standard InChI is InChI=1S/C7H7N7/c1-13-5-10-11-7(13)3-14-4-9-6(2-8)12-14/h4-5H,3H2,1H3. The molecule has 0 atom stereocenters. The number of aryl methyl sites for hydroxylation is 1. The number of nitrogens with zero attached hydrogens (tertiary/aromatic N) is 7. The van der Waals surface area contributed by atoms with Crippen molar-refractivity contribution in [1.82, 2.24) is 29.5 Å². The van der Waals surface area contributed by atoms with Crippen molar-refractivity contribution >= 4 is 0 Å². The van der Waals surface area contributed by atoms with Crippen LogP contribution in [-0.2, 0) is 13.6 Å². The summed E-state index contributed by atoms with van der Waals surface area (Å²) in [6.07, 6.45) is 3.10. The number of rotatable bonds is 2. The lowest BCUT2D eigenvalue weighted by Crippen LogP contribution is -2.06. The van der Waals surface area contributed by atoms with E-state index >= 15 is 0 Å². The monoisotopic (exact) mass is 189 g/mol. The summed E-state index contributed by atoms with van der Waals surface area (Å²) in [6.45, 7) is 0.463. The van der Waals surface area contributed by atoms with Crippen molar-refractivity contribution in [3.8, 4) is 6.07 Å². The molecule has 7 nitrogen and oxygen atoms in total. The second-order valence-electron chi connectivity index (χ2n) is 2.74. The summed E-state index contributed by atoms with van der Waals surface area (Å²) in [6, 6.07) is 1.86. The summed E-state index contributed by atoms with van der Waals surface area (Å²) in [5.41, 5.74) is 0. The third-order valence-corrected chi connectivity index (χ3v) is 1.75. The molecule has 0 aromatic carbocycles. The predicted molar refractivity (Wildman–Crippen MR) is 44.8 cm³/mol. The van der Waals surface area contributed by atoms with Crippen molar-refractivity contribution in [2.45, 2.75) is 6.54 Å². The van der Waals surface area contributed by atoms with E-state index < -0.39 is 0 Å². The molecule has 7 heteroatoms. The average Bonchev–Trinajstić information content (AvgIpc) is 2.77. The Labute approximate surface area is 79.6 Å². The lowest BCUT2D eigenvalue weighted by molar-refractivity contribution is 0.627. The van der Waals surface area contributed by atoms with E-state index in [1.54, 1.807) is 15.6 Å². The first-order valence-corrected chi connectivity index (χ1v) is 3.92. The maximum atomic E-state index is 8.51. The Balaban J connectivity index is 2.20. The zero-order chi connectivity index (χ0) is 9.97. The maximum absolute atomic E-state index is 8.51. The van der Waals surface area contributed by atoms with Gasteiger partial charge in [0.05, 0.1) is 0 Å². The summed E-state index contributed by atoms with van der Waals surface area (Å²) in [5.74, 6) is 0.923. The first kappa shape index (κ1) is 8.37. The van der Waals surface area contributed by atoms with Crippen LogP contribution in [-0.4, -0.2) is 29.5 Å². The van der Waals surface area contributed by atoms with Gasteiger partial charge in [-0.25, -0.2) is 9.67 Å². The minimum absolute atomic E-state index is 0.159. The molecule has 0 fully saturated rings. The van der Waals surface area contributed by atoms with Crippen LogP contribution in [0.1, 0.15) is 11.6 Å². The molecule has 0 saturated carbocycles. The van der Waals surface area contributed by atoms with Crippen molar-refractivity contribution in [3.63, 3.8) is 0 Å². The Hall–Kier alpha value is -2.23. The number of hydrogen-bond acceptors (Lipinski definition) is 5. The van der Waals surface area contributed by atoms with Crippen LogP contribution in [0.25, 0.3) is 0 Å². The highest BCUT2D eigenvalue weighted by molar-refractivity contribution is 5.05. The molecule has 2 aromatic rings. The lowest BCUT2D eigenvalue weighted by Gasteiger charge is -1.98. The summed E-state index contributed by atoms with van der Waals surface area (Å²) in [7, 11) is 1.84. The number of hydrogen-bond donors (Lipinski definition) is 0. The highest BCUT2D eigenvalue weighted by Gasteiger charge is 2.03. The van der Waals surface area contributed by atoms with Crippen LogP contribution in [0.2, 0.25) is 0 Å². The molecule has 2 heterocycles. The molecule has 0 N–H and O–H groups in total. The quantitative estimate of drug-likeness (QED) is 0.625. The Morgan fingerprint density at radius 2 is 2.36 bits per heavy atom. The van der Waals surface area contributed by atoms with Gasteiger partial charge in [0.25, 0.3) is 5.82 Å². The van der Waals surface area contributed by atoms with Crippen molar-refractivity contribution in [3.05, 3.63) is 24.3 Å². The van der Waals surface area contributed by atoms with Crippen LogP contribution in [0.15, 0.2) is 12.7 Å². The fourth-order valence-electron chi connectivity index (χ4n) is 1.02. The number of nitriles is 1. The van der Waals surface area contributed by atoms with Crippen molar-refractivity contribution in [2.24, 2.45) is 7.05 Å². The van der Waals surface area contributed by atoms with Gasteiger partial charge in [0.1, 0.15) is 25.3 Å². The maximum Gasteiger partial charge on any atom is 0.252 e. The van der Waals surface area contributed by atoms with Gasteiger partial charge in [-0.05, 0) is 0 Å². The van der Waals surface area contributed by atoms with E-state index in [2.05, 4.69) is 20.3 Å². The Morgan fingerprint density at radius 3 is 2.93 bits per heavy atom. The van der Waals surface area contributed by atoms with Gasteiger partial charge in [0.15, 0.2) is 5.82 Å². The van der Waals surface area contributed by atoms with Gasteiger partial charge in [-0.15, -0.1) is 15.3 Å². The van der Waals surface area contributed by atoms with Gasteiger partial charge in [-0.2, -0.15) is 5.26 Å². The van der Waals surface area contributed by atoms with Crippen LogP contribution in [0.3, 0.4) is 0 Å². The zero-order valence-corrected chi connectivity index (χ0v) is 7.49. The highest BCUT2D eigenvalue weighted by Crippen LogP contribution is 1.95. The number of aromatic nitrogens is 6. The lowest BCUT2D eigenvalue weighted by atomic mass is 10.6. The molecule has 2 aromatic heterocycles. The molecule has 2 rings (SSSR count). The molecule has 0 aliphatic heterocycles. The van der Waals surface area contributed by atoms with E-state index in [0.29, 0.717) is 6.54 Å². The van der Waals surface area contributed by atoms with Gasteiger partial charge in [-0.1, -0.05) is 0 Å². The molecule has 0 radical (unpaired) electrons. The molecule has 0 aliphatic carbocycles. The normalized spacial score (nSPS) is 10.0. The SMILES string of the molecule is Cn1cnnc1Cn1cnc(C#N)n1. The Morgan fingerprint density at radius 1 is 1.50 bits per heavy atom. The van der Waals surface area contributed by atoms with E-state index in [-0.39, 0.29) is 5.82 Å². The third kappa shape index (κ3) is 1.45. The Kier molecular flexibility index (Phi) is 1.95. The molecule has 0 saturated heterocycles. The van der Waals surface area contributed by atoms with Gasteiger partial charge >= 0.3 is 0 Å². The second-order valence-corrected chi connectivity index (χ2v) is 2.74. The molecule has 70 valence electrons. The Bertz CT molecular complexity index is 474. The van der Waals surface area contributed by atoms with Gasteiger partial charge in [-0.3, -0.25) is 0 Å². The fourth-order valence-corrected chi connectivity index (χ4v) is 1.02. The first-order chi connectivity index (χ1) is 6.79. The molecular weight excluding hydrogens is 182 g/mol. The van der Waals surface area contributed by atoms with Gasteiger partial charge in [0, 0.05) is 7.05 Å². The van der Waals surface area contributed by atoms with Crippen molar-refractivity contribution < 1.29 is 0 Å². The fraction of sp³-hybridized carbons (Fsp3) is 0.286. The molecule has 14 heavy (non-hydrogen) atoms. The summed E-state index contributed by atoms with van der Waals surface area (Å²) in [5, 5.41) is 20.0. The van der Waals surface area contributed by atoms with E-state index in [0.717, 1.165) is 5.82 Å². The van der Waals surface area contributed by atoms with Crippen molar-refractivity contribution in [1.29, 1.82) is 5.26 Å². The van der Waals surface area contributed by atoms with E-state index in [9.17, 15) is 0 Å².